The van der Waals surface area contributed by atoms with Gasteiger partial charge in [0.2, 0.25) is 0 Å². The minimum atomic E-state index is -0.510. The lowest BCUT2D eigenvalue weighted by molar-refractivity contribution is 0.0517. The van der Waals surface area contributed by atoms with Crippen molar-refractivity contribution in [1.29, 1.82) is 0 Å². The van der Waals surface area contributed by atoms with Crippen LogP contribution in [0.1, 0.15) is 40.2 Å². The summed E-state index contributed by atoms with van der Waals surface area (Å²) in [5.74, 6) is -0.264. The molecule has 0 atom stereocenters. The van der Waals surface area contributed by atoms with Gasteiger partial charge in [-0.2, -0.15) is 0 Å². The van der Waals surface area contributed by atoms with Crippen LogP contribution in [-0.2, 0) is 10.2 Å². The van der Waals surface area contributed by atoms with E-state index in [2.05, 4.69) is 5.32 Å². The Balaban J connectivity index is 2.60. The van der Waals surface area contributed by atoms with Gasteiger partial charge in [-0.3, -0.25) is 0 Å². The van der Waals surface area contributed by atoms with E-state index in [9.17, 15) is 9.18 Å². The van der Waals surface area contributed by atoms with Crippen LogP contribution in [0, 0.1) is 5.82 Å². The van der Waals surface area contributed by atoms with E-state index in [1.165, 1.54) is 12.1 Å². The second kappa shape index (κ2) is 5.59. The molecular formula is C15H22FNO2. The summed E-state index contributed by atoms with van der Waals surface area (Å²) in [5, 5.41) is 2.74. The number of rotatable bonds is 3. The van der Waals surface area contributed by atoms with E-state index in [1.54, 1.807) is 12.1 Å². The molecule has 1 amide bonds. The molecule has 0 aromatic heterocycles. The molecule has 0 saturated carbocycles. The minimum absolute atomic E-state index is 0.264. The van der Waals surface area contributed by atoms with Crippen LogP contribution < -0.4 is 5.32 Å². The molecule has 0 aliphatic rings. The largest absolute Gasteiger partial charge is 0.444 e. The molecule has 1 rings (SSSR count). The maximum absolute atomic E-state index is 12.9. The van der Waals surface area contributed by atoms with Crippen molar-refractivity contribution in [2.75, 3.05) is 6.54 Å². The van der Waals surface area contributed by atoms with E-state index in [0.29, 0.717) is 6.54 Å². The Morgan fingerprint density at radius 3 is 2.16 bits per heavy atom. The molecule has 0 aliphatic heterocycles. The third-order valence-electron chi connectivity index (χ3n) is 2.70. The summed E-state index contributed by atoms with van der Waals surface area (Å²) in [5.41, 5.74) is 0.166. The van der Waals surface area contributed by atoms with Crippen molar-refractivity contribution in [3.63, 3.8) is 0 Å². The minimum Gasteiger partial charge on any atom is -0.444 e. The molecule has 3 nitrogen and oxygen atoms in total. The molecule has 0 heterocycles. The number of nitrogens with one attached hydrogen (secondary N) is 1. The SMILES string of the molecule is CC(C)(C)OC(=O)NCC(C)(C)c1ccc(F)cc1. The zero-order chi connectivity index (χ0) is 14.7. The first-order valence-electron chi connectivity index (χ1n) is 6.33. The van der Waals surface area contributed by atoms with Gasteiger partial charge in [0.1, 0.15) is 11.4 Å². The van der Waals surface area contributed by atoms with Gasteiger partial charge >= 0.3 is 6.09 Å². The standard InChI is InChI=1S/C15H22FNO2/c1-14(2,3)19-13(18)17-10-15(4,5)11-6-8-12(16)9-7-11/h6-9H,10H2,1-5H3,(H,17,18). The van der Waals surface area contributed by atoms with E-state index in [4.69, 9.17) is 4.74 Å². The van der Waals surface area contributed by atoms with Gasteiger partial charge in [0.25, 0.3) is 0 Å². The first-order valence-corrected chi connectivity index (χ1v) is 6.33. The van der Waals surface area contributed by atoms with Crippen LogP contribution in [0.15, 0.2) is 24.3 Å². The number of benzene rings is 1. The Labute approximate surface area is 114 Å². The summed E-state index contributed by atoms with van der Waals surface area (Å²) in [4.78, 5) is 11.6. The van der Waals surface area contributed by atoms with Gasteiger partial charge in [-0.05, 0) is 38.5 Å². The molecule has 1 aromatic carbocycles. The summed E-state index contributed by atoms with van der Waals surface area (Å²) >= 11 is 0. The number of hydrogen-bond acceptors (Lipinski definition) is 2. The number of amides is 1. The van der Waals surface area contributed by atoms with Crippen LogP contribution in [0.25, 0.3) is 0 Å². The second-order valence-electron chi connectivity index (χ2n) is 6.25. The molecule has 0 aliphatic carbocycles. The molecule has 0 spiro atoms. The molecule has 0 bridgehead atoms. The van der Waals surface area contributed by atoms with Gasteiger partial charge in [0.05, 0.1) is 0 Å². The third kappa shape index (κ3) is 5.28. The zero-order valence-corrected chi connectivity index (χ0v) is 12.2. The lowest BCUT2D eigenvalue weighted by atomic mass is 9.84. The summed E-state index contributed by atoms with van der Waals surface area (Å²) in [7, 11) is 0. The smallest absolute Gasteiger partial charge is 0.407 e. The van der Waals surface area contributed by atoms with Crippen molar-refractivity contribution < 1.29 is 13.9 Å². The summed E-state index contributed by atoms with van der Waals surface area (Å²) in [6.07, 6.45) is -0.442. The molecule has 0 saturated heterocycles. The fourth-order valence-electron chi connectivity index (χ4n) is 1.61. The van der Waals surface area contributed by atoms with E-state index in [0.717, 1.165) is 5.56 Å². The fraction of sp³-hybridized carbons (Fsp3) is 0.533. The van der Waals surface area contributed by atoms with Gasteiger partial charge in [-0.1, -0.05) is 26.0 Å². The van der Waals surface area contributed by atoms with Crippen molar-refractivity contribution in [1.82, 2.24) is 5.32 Å². The van der Waals surface area contributed by atoms with E-state index < -0.39 is 11.7 Å². The van der Waals surface area contributed by atoms with Crippen molar-refractivity contribution in [3.05, 3.63) is 35.6 Å². The van der Waals surface area contributed by atoms with Gasteiger partial charge < -0.3 is 10.1 Å². The lowest BCUT2D eigenvalue weighted by Crippen LogP contribution is -2.39. The van der Waals surface area contributed by atoms with Gasteiger partial charge in [-0.25, -0.2) is 9.18 Å². The average Bonchev–Trinajstić information content (AvgIpc) is 2.25. The monoisotopic (exact) mass is 267 g/mol. The van der Waals surface area contributed by atoms with E-state index in [1.807, 2.05) is 34.6 Å². The number of ether oxygens (including phenoxy) is 1. The number of halogens is 1. The van der Waals surface area contributed by atoms with Crippen molar-refractivity contribution in [2.24, 2.45) is 0 Å². The molecule has 1 aromatic rings. The maximum atomic E-state index is 12.9. The molecule has 1 N–H and O–H groups in total. The van der Waals surface area contributed by atoms with Gasteiger partial charge in [-0.15, -0.1) is 0 Å². The number of alkyl carbamates (subject to hydrolysis) is 1. The van der Waals surface area contributed by atoms with Crippen LogP contribution in [0.5, 0.6) is 0 Å². The Bertz CT molecular complexity index is 432. The van der Waals surface area contributed by atoms with Crippen molar-refractivity contribution in [3.8, 4) is 0 Å². The first-order chi connectivity index (χ1) is 8.60. The lowest BCUT2D eigenvalue weighted by Gasteiger charge is -2.27. The zero-order valence-electron chi connectivity index (χ0n) is 12.2. The molecule has 19 heavy (non-hydrogen) atoms. The second-order valence-corrected chi connectivity index (χ2v) is 6.25. The highest BCUT2D eigenvalue weighted by molar-refractivity contribution is 5.67. The highest BCUT2D eigenvalue weighted by atomic mass is 19.1. The Morgan fingerprint density at radius 2 is 1.68 bits per heavy atom. The highest BCUT2D eigenvalue weighted by Gasteiger charge is 2.23. The predicted octanol–water partition coefficient (Wildman–Crippen LogP) is 3.63. The van der Waals surface area contributed by atoms with Crippen LogP contribution in [0.3, 0.4) is 0 Å². The summed E-state index contributed by atoms with van der Waals surface area (Å²) in [6.45, 7) is 9.84. The molecule has 0 radical (unpaired) electrons. The van der Waals surface area contributed by atoms with Crippen molar-refractivity contribution >= 4 is 6.09 Å². The average molecular weight is 267 g/mol. The van der Waals surface area contributed by atoms with Crippen molar-refractivity contribution in [2.45, 2.75) is 45.6 Å². The number of hydrogen-bond donors (Lipinski definition) is 1. The van der Waals surface area contributed by atoms with E-state index >= 15 is 0 Å². The number of carbonyl (C=O) groups is 1. The molecule has 0 fully saturated rings. The maximum Gasteiger partial charge on any atom is 0.407 e. The third-order valence-corrected chi connectivity index (χ3v) is 2.70. The fourth-order valence-corrected chi connectivity index (χ4v) is 1.61. The van der Waals surface area contributed by atoms with E-state index in [-0.39, 0.29) is 11.2 Å². The quantitative estimate of drug-likeness (QED) is 0.908. The topological polar surface area (TPSA) is 38.3 Å². The summed E-state index contributed by atoms with van der Waals surface area (Å²) < 4.78 is 18.1. The molecular weight excluding hydrogens is 245 g/mol. The van der Waals surface area contributed by atoms with Gasteiger partial charge in [0, 0.05) is 12.0 Å². The summed E-state index contributed by atoms with van der Waals surface area (Å²) in [6, 6.07) is 6.30. The Kier molecular flexibility index (Phi) is 4.56. The van der Waals surface area contributed by atoms with Crippen LogP contribution in [0.4, 0.5) is 9.18 Å². The number of carbonyl (C=O) groups excluding carboxylic acids is 1. The van der Waals surface area contributed by atoms with Crippen LogP contribution in [-0.4, -0.2) is 18.2 Å². The molecule has 4 heteroatoms. The molecule has 0 unspecified atom stereocenters. The van der Waals surface area contributed by atoms with Crippen LogP contribution >= 0.6 is 0 Å². The Hall–Kier alpha value is -1.58. The first kappa shape index (κ1) is 15.5. The Morgan fingerprint density at radius 1 is 1.16 bits per heavy atom. The highest BCUT2D eigenvalue weighted by Crippen LogP contribution is 2.22. The van der Waals surface area contributed by atoms with Crippen LogP contribution in [0.2, 0.25) is 0 Å². The molecule has 106 valence electrons. The normalized spacial score (nSPS) is 12.1. The van der Waals surface area contributed by atoms with Gasteiger partial charge in [0.15, 0.2) is 0 Å². The predicted molar refractivity (Wildman–Crippen MR) is 73.7 cm³/mol.